The van der Waals surface area contributed by atoms with E-state index in [2.05, 4.69) is 40.7 Å². The SMILES string of the molecule is COc1cc2[nH]ncc2cc1C(=O)Nc1cnc2cccnn12.O=C1CCC(c2ccc(N3CCN(CCC4CCCCC4)CC3)c(F)c2)C(=O)N1. The molecule has 2 saturated heterocycles. The van der Waals surface area contributed by atoms with Gasteiger partial charge in [0.2, 0.25) is 11.8 Å². The van der Waals surface area contributed by atoms with Crippen LogP contribution in [0.2, 0.25) is 0 Å². The molecule has 0 spiro atoms. The molecular formula is C38H44FN9O4. The number of piperazine rings is 1. The summed E-state index contributed by atoms with van der Waals surface area (Å²) in [6, 6.07) is 12.2. The van der Waals surface area contributed by atoms with Gasteiger partial charge in [0.1, 0.15) is 11.6 Å². The molecule has 0 radical (unpaired) electrons. The Hall–Kier alpha value is -5.37. The molecule has 3 aromatic heterocycles. The second-order valence-electron chi connectivity index (χ2n) is 13.7. The minimum Gasteiger partial charge on any atom is -0.496 e. The van der Waals surface area contributed by atoms with E-state index in [1.165, 1.54) is 51.7 Å². The first-order chi connectivity index (χ1) is 25.4. The van der Waals surface area contributed by atoms with Gasteiger partial charge < -0.3 is 15.0 Å². The third-order valence-corrected chi connectivity index (χ3v) is 10.4. The summed E-state index contributed by atoms with van der Waals surface area (Å²) in [6.45, 7) is 4.77. The molecule has 8 rings (SSSR count). The summed E-state index contributed by atoms with van der Waals surface area (Å²) in [5, 5.41) is 16.9. The molecule has 13 nitrogen and oxygen atoms in total. The van der Waals surface area contributed by atoms with E-state index in [1.807, 2.05) is 6.07 Å². The average Bonchev–Trinajstić information content (AvgIpc) is 3.81. The van der Waals surface area contributed by atoms with Crippen LogP contribution in [0.3, 0.4) is 0 Å². The fourth-order valence-corrected chi connectivity index (χ4v) is 7.48. The lowest BCUT2D eigenvalue weighted by molar-refractivity contribution is -0.134. The Kier molecular flexibility index (Phi) is 10.7. The minimum absolute atomic E-state index is 0.246. The summed E-state index contributed by atoms with van der Waals surface area (Å²) in [7, 11) is 1.52. The molecule has 1 atom stereocenters. The third-order valence-electron chi connectivity index (χ3n) is 10.4. The van der Waals surface area contributed by atoms with Gasteiger partial charge in [0, 0.05) is 50.2 Å². The smallest absolute Gasteiger partial charge is 0.260 e. The van der Waals surface area contributed by atoms with Gasteiger partial charge in [-0.05, 0) is 61.2 Å². The maximum atomic E-state index is 14.8. The van der Waals surface area contributed by atoms with Crippen LogP contribution in [0, 0.1) is 11.7 Å². The molecular weight excluding hydrogens is 665 g/mol. The number of imide groups is 1. The molecule has 1 aliphatic carbocycles. The number of methoxy groups -OCH3 is 1. The summed E-state index contributed by atoms with van der Waals surface area (Å²) in [5.41, 5.74) is 3.14. The maximum Gasteiger partial charge on any atom is 0.260 e. The molecule has 1 saturated carbocycles. The van der Waals surface area contributed by atoms with Crippen molar-refractivity contribution < 1.29 is 23.5 Å². The highest BCUT2D eigenvalue weighted by Crippen LogP contribution is 2.31. The molecule has 3 amide bonds. The number of aromatic nitrogens is 5. The number of benzene rings is 2. The minimum atomic E-state index is -0.437. The zero-order chi connectivity index (χ0) is 36.0. The van der Waals surface area contributed by atoms with Crippen LogP contribution >= 0.6 is 0 Å². The van der Waals surface area contributed by atoms with Crippen molar-refractivity contribution >= 4 is 45.8 Å². The highest BCUT2D eigenvalue weighted by Gasteiger charge is 2.29. The number of nitrogens with zero attached hydrogens (tertiary/aromatic N) is 6. The molecule has 52 heavy (non-hydrogen) atoms. The van der Waals surface area contributed by atoms with Crippen LogP contribution in [-0.4, -0.2) is 87.3 Å². The molecule has 5 aromatic rings. The lowest BCUT2D eigenvalue weighted by Crippen LogP contribution is -2.47. The van der Waals surface area contributed by atoms with Gasteiger partial charge >= 0.3 is 0 Å². The summed E-state index contributed by atoms with van der Waals surface area (Å²) in [5.74, 6) is 0.262. The number of fused-ring (bicyclic) bond motifs is 2. The van der Waals surface area contributed by atoms with Crippen LogP contribution in [0.4, 0.5) is 15.9 Å². The quantitative estimate of drug-likeness (QED) is 0.182. The van der Waals surface area contributed by atoms with Gasteiger partial charge in [0.05, 0.1) is 42.2 Å². The topological polar surface area (TPSA) is 150 Å². The van der Waals surface area contributed by atoms with Gasteiger partial charge in [-0.3, -0.25) is 29.7 Å². The number of aromatic amines is 1. The van der Waals surface area contributed by atoms with Crippen molar-refractivity contribution in [3.8, 4) is 5.75 Å². The lowest BCUT2D eigenvalue weighted by Gasteiger charge is -2.37. The van der Waals surface area contributed by atoms with E-state index in [4.69, 9.17) is 4.74 Å². The van der Waals surface area contributed by atoms with E-state index in [1.54, 1.807) is 53.4 Å². The van der Waals surface area contributed by atoms with Crippen molar-refractivity contribution in [2.24, 2.45) is 5.92 Å². The standard InChI is InChI=1S/C23H32FN3O2.C15H12N6O2/c24-20-16-18(19-7-9-22(28)25-23(19)29)6-8-21(20)27-14-12-26(13-15-27)11-10-17-4-2-1-3-5-17;1-23-12-6-11-9(7-17-20-11)5-10(12)15(22)19-14-8-16-13-3-2-4-18-21(13)14/h6,8,16-17,19H,1-5,7,9-15H2,(H,25,28,29);2-8H,1H3,(H,17,20)(H,19,22). The molecule has 5 heterocycles. The zero-order valence-corrected chi connectivity index (χ0v) is 29.3. The Balaban J connectivity index is 0.000000166. The van der Waals surface area contributed by atoms with Crippen LogP contribution < -0.4 is 20.3 Å². The monoisotopic (exact) mass is 709 g/mol. The Labute approximate surface area is 300 Å². The number of imidazole rings is 1. The Morgan fingerprint density at radius 3 is 2.62 bits per heavy atom. The number of hydrogen-bond donors (Lipinski definition) is 3. The normalized spacial score (nSPS) is 18.6. The van der Waals surface area contributed by atoms with E-state index >= 15 is 0 Å². The molecule has 272 valence electrons. The number of ether oxygens (including phenoxy) is 1. The van der Waals surface area contributed by atoms with E-state index < -0.39 is 5.92 Å². The van der Waals surface area contributed by atoms with Gasteiger partial charge in [-0.2, -0.15) is 14.7 Å². The lowest BCUT2D eigenvalue weighted by atomic mass is 9.87. The molecule has 2 aliphatic heterocycles. The third kappa shape index (κ3) is 7.91. The summed E-state index contributed by atoms with van der Waals surface area (Å²) < 4.78 is 21.7. The number of anilines is 2. The summed E-state index contributed by atoms with van der Waals surface area (Å²) in [6.07, 6.45) is 13.9. The predicted octanol–water partition coefficient (Wildman–Crippen LogP) is 5.30. The first kappa shape index (κ1) is 35.1. The van der Waals surface area contributed by atoms with Crippen LogP contribution in [0.15, 0.2) is 61.1 Å². The van der Waals surface area contributed by atoms with Crippen molar-refractivity contribution in [1.29, 1.82) is 0 Å². The van der Waals surface area contributed by atoms with E-state index in [9.17, 15) is 18.8 Å². The molecule has 0 bridgehead atoms. The number of nitrogens with one attached hydrogen (secondary N) is 3. The van der Waals surface area contributed by atoms with Crippen molar-refractivity contribution in [3.63, 3.8) is 0 Å². The fourth-order valence-electron chi connectivity index (χ4n) is 7.48. The number of hydrogen-bond acceptors (Lipinski definition) is 9. The van der Waals surface area contributed by atoms with Crippen molar-refractivity contribution in [2.75, 3.05) is 50.1 Å². The van der Waals surface area contributed by atoms with Crippen LogP contribution in [-0.2, 0) is 9.59 Å². The van der Waals surface area contributed by atoms with Crippen LogP contribution in [0.25, 0.3) is 16.6 Å². The van der Waals surface area contributed by atoms with Crippen LogP contribution in [0.5, 0.6) is 5.75 Å². The van der Waals surface area contributed by atoms with Crippen molar-refractivity contribution in [1.82, 2.24) is 35.0 Å². The first-order valence-corrected chi connectivity index (χ1v) is 18.1. The number of carbonyl (C=O) groups is 3. The molecule has 3 fully saturated rings. The number of rotatable bonds is 8. The van der Waals surface area contributed by atoms with Gasteiger partial charge in [-0.15, -0.1) is 0 Å². The van der Waals surface area contributed by atoms with Gasteiger partial charge in [-0.1, -0.05) is 38.2 Å². The Morgan fingerprint density at radius 1 is 1.02 bits per heavy atom. The molecule has 3 N–H and O–H groups in total. The summed E-state index contributed by atoms with van der Waals surface area (Å²) in [4.78, 5) is 44.8. The van der Waals surface area contributed by atoms with Gasteiger partial charge in [-0.25, -0.2) is 9.37 Å². The number of piperidine rings is 1. The molecule has 14 heteroatoms. The molecule has 2 aromatic carbocycles. The van der Waals surface area contributed by atoms with E-state index in [-0.39, 0.29) is 23.5 Å². The average molecular weight is 710 g/mol. The zero-order valence-electron chi connectivity index (χ0n) is 29.3. The second-order valence-corrected chi connectivity index (χ2v) is 13.7. The van der Waals surface area contributed by atoms with Gasteiger partial charge in [0.25, 0.3) is 5.91 Å². The fraction of sp³-hybridized carbons (Fsp3) is 0.421. The summed E-state index contributed by atoms with van der Waals surface area (Å²) >= 11 is 0. The predicted molar refractivity (Wildman–Crippen MR) is 195 cm³/mol. The Bertz CT molecular complexity index is 2050. The number of amides is 3. The highest BCUT2D eigenvalue weighted by atomic mass is 19.1. The number of carbonyl (C=O) groups excluding carboxylic acids is 3. The van der Waals surface area contributed by atoms with Crippen molar-refractivity contribution in [3.05, 3.63) is 78.0 Å². The van der Waals surface area contributed by atoms with E-state index in [0.717, 1.165) is 49.5 Å². The number of halogens is 1. The van der Waals surface area contributed by atoms with E-state index in [0.29, 0.717) is 46.9 Å². The second kappa shape index (κ2) is 15.9. The molecule has 1 unspecified atom stereocenters. The molecule has 3 aliphatic rings. The van der Waals surface area contributed by atoms with Crippen LogP contribution in [0.1, 0.15) is 73.2 Å². The highest BCUT2D eigenvalue weighted by molar-refractivity contribution is 6.08. The first-order valence-electron chi connectivity index (χ1n) is 18.1. The maximum absolute atomic E-state index is 14.8. The Morgan fingerprint density at radius 2 is 1.85 bits per heavy atom. The largest absolute Gasteiger partial charge is 0.496 e. The number of H-pyrrole nitrogens is 1. The van der Waals surface area contributed by atoms with Gasteiger partial charge in [0.15, 0.2) is 11.5 Å². The van der Waals surface area contributed by atoms with Crippen molar-refractivity contribution in [2.45, 2.75) is 57.3 Å².